The maximum atomic E-state index is 12.4. The molecule has 0 bridgehead atoms. The zero-order valence-electron chi connectivity index (χ0n) is 12.7. The summed E-state index contributed by atoms with van der Waals surface area (Å²) in [6.07, 6.45) is 6.21. The second-order valence-corrected chi connectivity index (χ2v) is 7.67. The van der Waals surface area contributed by atoms with Gasteiger partial charge < -0.3 is 10.4 Å². The number of nitrogens with zero attached hydrogens (tertiary/aromatic N) is 2. The van der Waals surface area contributed by atoms with Crippen LogP contribution < -0.4 is 5.32 Å². The van der Waals surface area contributed by atoms with Gasteiger partial charge in [-0.15, -0.1) is 0 Å². The summed E-state index contributed by atoms with van der Waals surface area (Å²) >= 11 is 0. The number of benzene rings is 1. The lowest BCUT2D eigenvalue weighted by Crippen LogP contribution is -1.99. The Balaban J connectivity index is 1.89. The summed E-state index contributed by atoms with van der Waals surface area (Å²) in [7, 11) is -3.42. The Morgan fingerprint density at radius 1 is 1.17 bits per heavy atom. The van der Waals surface area contributed by atoms with Gasteiger partial charge in [-0.3, -0.25) is 9.97 Å². The number of anilines is 2. The van der Waals surface area contributed by atoms with E-state index in [1.54, 1.807) is 43.6 Å². The number of rotatable bonds is 2. The van der Waals surface area contributed by atoms with Crippen molar-refractivity contribution >= 4 is 38.2 Å². The molecule has 0 fully saturated rings. The normalized spacial score (nSPS) is 15.1. The summed E-state index contributed by atoms with van der Waals surface area (Å²) in [5, 5.41) is 13.4. The highest BCUT2D eigenvalue weighted by atomic mass is 32.2. The molecular weight excluding hydrogens is 326 g/mol. The monoisotopic (exact) mass is 339 g/mol. The van der Waals surface area contributed by atoms with Gasteiger partial charge in [0.25, 0.3) is 0 Å². The van der Waals surface area contributed by atoms with E-state index in [4.69, 9.17) is 0 Å². The van der Waals surface area contributed by atoms with Gasteiger partial charge >= 0.3 is 0 Å². The summed E-state index contributed by atoms with van der Waals surface area (Å²) in [5.74, 6) is 0.0432. The molecule has 0 unspecified atom stereocenters. The van der Waals surface area contributed by atoms with Crippen LogP contribution >= 0.6 is 0 Å². The molecule has 0 saturated heterocycles. The third-order valence-electron chi connectivity index (χ3n) is 3.95. The summed E-state index contributed by atoms with van der Waals surface area (Å²) in [4.78, 5) is 8.86. The topological polar surface area (TPSA) is 92.2 Å². The van der Waals surface area contributed by atoms with Crippen LogP contribution in [-0.4, -0.2) is 23.5 Å². The minimum Gasteiger partial charge on any atom is -0.506 e. The first-order chi connectivity index (χ1) is 11.4. The molecule has 1 aromatic carbocycles. The first-order valence-corrected chi connectivity index (χ1v) is 8.71. The Morgan fingerprint density at radius 2 is 2.00 bits per heavy atom. The number of fused-ring (bicyclic) bond motifs is 2. The summed E-state index contributed by atoms with van der Waals surface area (Å²) in [6.45, 7) is 1.59. The molecule has 2 N–H and O–H groups in total. The largest absolute Gasteiger partial charge is 0.506 e. The number of aromatic nitrogens is 2. The fourth-order valence-corrected chi connectivity index (χ4v) is 4.10. The molecule has 7 heteroatoms. The van der Waals surface area contributed by atoms with Gasteiger partial charge in [0.05, 0.1) is 28.5 Å². The lowest BCUT2D eigenvalue weighted by atomic mass is 10.1. The van der Waals surface area contributed by atoms with Crippen LogP contribution in [0.25, 0.3) is 17.0 Å². The predicted octanol–water partition coefficient (Wildman–Crippen LogP) is 3.23. The molecule has 120 valence electrons. The Hall–Kier alpha value is -2.93. The van der Waals surface area contributed by atoms with Gasteiger partial charge in [0.15, 0.2) is 0 Å². The molecule has 0 saturated carbocycles. The van der Waals surface area contributed by atoms with Crippen molar-refractivity contribution in [2.24, 2.45) is 0 Å². The van der Waals surface area contributed by atoms with Crippen LogP contribution in [0.15, 0.2) is 52.7 Å². The zero-order valence-corrected chi connectivity index (χ0v) is 13.5. The molecular formula is C17H13N3O3S. The number of allylic oxidation sites excluding steroid dienone is 1. The Kier molecular flexibility index (Phi) is 3.07. The van der Waals surface area contributed by atoms with Crippen molar-refractivity contribution in [3.8, 4) is 5.75 Å². The minimum absolute atomic E-state index is 0.0432. The molecule has 0 amide bonds. The number of hydrogen-bond acceptors (Lipinski definition) is 6. The molecule has 6 nitrogen and oxygen atoms in total. The van der Waals surface area contributed by atoms with E-state index in [9.17, 15) is 13.5 Å². The second-order valence-electron chi connectivity index (χ2n) is 5.58. The van der Waals surface area contributed by atoms with Crippen LogP contribution in [0.1, 0.15) is 12.5 Å². The van der Waals surface area contributed by atoms with Crippen molar-refractivity contribution in [3.63, 3.8) is 0 Å². The van der Waals surface area contributed by atoms with Crippen molar-refractivity contribution in [3.05, 3.63) is 53.3 Å². The molecule has 2 aromatic heterocycles. The minimum atomic E-state index is -3.42. The van der Waals surface area contributed by atoms with Gasteiger partial charge in [-0.25, -0.2) is 8.42 Å². The lowest BCUT2D eigenvalue weighted by Gasteiger charge is -2.11. The second kappa shape index (κ2) is 5.04. The van der Waals surface area contributed by atoms with Crippen molar-refractivity contribution in [1.82, 2.24) is 9.97 Å². The van der Waals surface area contributed by atoms with Crippen molar-refractivity contribution < 1.29 is 13.5 Å². The summed E-state index contributed by atoms with van der Waals surface area (Å²) in [6, 6.07) is 6.69. The third-order valence-corrected chi connectivity index (χ3v) is 5.85. The summed E-state index contributed by atoms with van der Waals surface area (Å²) < 4.78 is 24.8. The van der Waals surface area contributed by atoms with Gasteiger partial charge in [0.2, 0.25) is 9.84 Å². The van der Waals surface area contributed by atoms with E-state index in [0.29, 0.717) is 32.7 Å². The maximum absolute atomic E-state index is 12.4. The van der Waals surface area contributed by atoms with Crippen LogP contribution in [-0.2, 0) is 9.84 Å². The lowest BCUT2D eigenvalue weighted by molar-refractivity contribution is 0.473. The fourth-order valence-electron chi connectivity index (χ4n) is 2.77. The van der Waals surface area contributed by atoms with Gasteiger partial charge in [0.1, 0.15) is 5.75 Å². The predicted molar refractivity (Wildman–Crippen MR) is 91.8 cm³/mol. The van der Waals surface area contributed by atoms with E-state index >= 15 is 0 Å². The Labute approximate surface area is 138 Å². The van der Waals surface area contributed by atoms with Crippen LogP contribution in [0.2, 0.25) is 0 Å². The van der Waals surface area contributed by atoms with E-state index in [-0.39, 0.29) is 10.6 Å². The van der Waals surface area contributed by atoms with E-state index < -0.39 is 9.84 Å². The highest BCUT2D eigenvalue weighted by Crippen LogP contribution is 2.37. The highest BCUT2D eigenvalue weighted by molar-refractivity contribution is 7.95. The number of sulfone groups is 1. The van der Waals surface area contributed by atoms with E-state index in [2.05, 4.69) is 15.3 Å². The van der Waals surface area contributed by atoms with E-state index in [1.807, 2.05) is 0 Å². The van der Waals surface area contributed by atoms with Crippen LogP contribution in [0, 0.1) is 0 Å². The van der Waals surface area contributed by atoms with Gasteiger partial charge in [-0.1, -0.05) is 0 Å². The first kappa shape index (κ1) is 14.6. The molecule has 3 heterocycles. The smallest absolute Gasteiger partial charge is 0.203 e. The molecule has 4 rings (SSSR count). The number of nitrogens with one attached hydrogen (secondary N) is 1. The number of hydrogen-bond donors (Lipinski definition) is 2. The van der Waals surface area contributed by atoms with Gasteiger partial charge in [0, 0.05) is 28.2 Å². The molecule has 1 aliphatic rings. The molecule has 0 aliphatic carbocycles. The number of aromatic hydroxyl groups is 1. The molecule has 24 heavy (non-hydrogen) atoms. The molecule has 3 aromatic rings. The maximum Gasteiger partial charge on any atom is 0.203 e. The van der Waals surface area contributed by atoms with E-state index in [1.165, 1.54) is 12.3 Å². The third kappa shape index (κ3) is 2.21. The molecule has 1 aliphatic heterocycles. The SMILES string of the molecule is CC1=Cc2cc3nccc(Nc4cncc(O)c4)c3cc2S1(=O)=O. The van der Waals surface area contributed by atoms with Gasteiger partial charge in [-0.05, 0) is 36.8 Å². The zero-order chi connectivity index (χ0) is 16.9. The van der Waals surface area contributed by atoms with Crippen LogP contribution in [0.3, 0.4) is 0 Å². The molecule has 0 radical (unpaired) electrons. The quantitative estimate of drug-likeness (QED) is 0.745. The highest BCUT2D eigenvalue weighted by Gasteiger charge is 2.27. The van der Waals surface area contributed by atoms with Crippen molar-refractivity contribution in [2.75, 3.05) is 5.32 Å². The Morgan fingerprint density at radius 3 is 2.79 bits per heavy atom. The fraction of sp³-hybridized carbons (Fsp3) is 0.0588. The first-order valence-electron chi connectivity index (χ1n) is 7.22. The average molecular weight is 339 g/mol. The van der Waals surface area contributed by atoms with Crippen LogP contribution in [0.5, 0.6) is 5.75 Å². The van der Waals surface area contributed by atoms with Crippen molar-refractivity contribution in [2.45, 2.75) is 11.8 Å². The number of pyridine rings is 2. The summed E-state index contributed by atoms with van der Waals surface area (Å²) in [5.41, 5.74) is 2.63. The van der Waals surface area contributed by atoms with Crippen molar-refractivity contribution in [1.29, 1.82) is 0 Å². The van der Waals surface area contributed by atoms with Gasteiger partial charge in [-0.2, -0.15) is 0 Å². The Bertz CT molecular complexity index is 1120. The standard InChI is InChI=1S/C17H13N3O3S/c1-10-4-11-5-16-14(7-17(11)24(10,22)23)15(2-3-19-16)20-12-6-13(21)9-18-8-12/h2-9,21H,1H3,(H,19,20). The molecule has 0 atom stereocenters. The average Bonchev–Trinajstić information content (AvgIpc) is 2.75. The van der Waals surface area contributed by atoms with Crippen LogP contribution in [0.4, 0.5) is 11.4 Å². The molecule has 0 spiro atoms. The van der Waals surface area contributed by atoms with E-state index in [0.717, 1.165) is 0 Å².